The molecule has 3 nitrogen and oxygen atoms in total. The fraction of sp³-hybridized carbons (Fsp3) is 0.647. The lowest BCUT2D eigenvalue weighted by Gasteiger charge is -2.33. The van der Waals surface area contributed by atoms with Crippen molar-refractivity contribution in [2.75, 3.05) is 19.8 Å². The molecule has 2 aliphatic rings. The van der Waals surface area contributed by atoms with E-state index in [2.05, 4.69) is 41.8 Å². The molecule has 1 heterocycles. The molecule has 1 aliphatic heterocycles. The van der Waals surface area contributed by atoms with Crippen LogP contribution in [0.25, 0.3) is 0 Å². The van der Waals surface area contributed by atoms with Crippen LogP contribution in [-0.4, -0.2) is 31.8 Å². The number of rotatable bonds is 4. The smallest absolute Gasteiger partial charge is 0.0623 e. The van der Waals surface area contributed by atoms with Crippen LogP contribution in [0.4, 0.5) is 0 Å². The molecule has 2 N–H and O–H groups in total. The summed E-state index contributed by atoms with van der Waals surface area (Å²) < 4.78 is 5.63. The van der Waals surface area contributed by atoms with E-state index < -0.39 is 0 Å². The van der Waals surface area contributed by atoms with Gasteiger partial charge >= 0.3 is 0 Å². The predicted octanol–water partition coefficient (Wildman–Crippen LogP) is 2.66. The largest absolute Gasteiger partial charge is 0.379 e. The van der Waals surface area contributed by atoms with E-state index in [1.165, 1.54) is 30.4 Å². The van der Waals surface area contributed by atoms with Crippen LogP contribution in [0.2, 0.25) is 0 Å². The number of hydrogen-bond acceptors (Lipinski definition) is 3. The lowest BCUT2D eigenvalue weighted by Crippen LogP contribution is -2.50. The summed E-state index contributed by atoms with van der Waals surface area (Å²) in [7, 11) is 0. The quantitative estimate of drug-likeness (QED) is 0.897. The van der Waals surface area contributed by atoms with Crippen molar-refractivity contribution in [3.8, 4) is 0 Å². The second-order valence-electron chi connectivity index (χ2n) is 6.20. The van der Waals surface area contributed by atoms with Gasteiger partial charge in [0, 0.05) is 25.2 Å². The number of hydrogen-bond donors (Lipinski definition) is 2. The zero-order chi connectivity index (χ0) is 13.8. The van der Waals surface area contributed by atoms with E-state index in [4.69, 9.17) is 4.74 Å². The van der Waals surface area contributed by atoms with Crippen LogP contribution in [0.5, 0.6) is 0 Å². The van der Waals surface area contributed by atoms with E-state index in [1.54, 1.807) is 0 Å². The average molecular weight is 311 g/mol. The highest BCUT2D eigenvalue weighted by molar-refractivity contribution is 5.85. The topological polar surface area (TPSA) is 33.3 Å². The molecule has 0 aromatic heterocycles. The van der Waals surface area contributed by atoms with Crippen LogP contribution in [0.15, 0.2) is 24.3 Å². The van der Waals surface area contributed by atoms with Crippen LogP contribution in [0.3, 0.4) is 0 Å². The molecule has 0 radical (unpaired) electrons. The van der Waals surface area contributed by atoms with E-state index >= 15 is 0 Å². The molecule has 4 heteroatoms. The molecule has 1 saturated carbocycles. The maximum atomic E-state index is 5.63. The van der Waals surface area contributed by atoms with Crippen LogP contribution in [-0.2, 0) is 11.3 Å². The summed E-state index contributed by atoms with van der Waals surface area (Å²) in [5.41, 5.74) is 2.71. The van der Waals surface area contributed by atoms with Gasteiger partial charge in [-0.15, -0.1) is 12.4 Å². The Kier molecular flexibility index (Phi) is 6.49. The Labute approximate surface area is 134 Å². The first-order valence-corrected chi connectivity index (χ1v) is 7.93. The van der Waals surface area contributed by atoms with Crippen molar-refractivity contribution in [3.63, 3.8) is 0 Å². The first-order chi connectivity index (χ1) is 9.83. The monoisotopic (exact) mass is 310 g/mol. The summed E-state index contributed by atoms with van der Waals surface area (Å²) in [4.78, 5) is 0. The van der Waals surface area contributed by atoms with Crippen molar-refractivity contribution < 1.29 is 4.74 Å². The van der Waals surface area contributed by atoms with Crippen molar-refractivity contribution in [2.45, 2.75) is 44.8 Å². The molecule has 0 amide bonds. The maximum Gasteiger partial charge on any atom is 0.0623 e. The first-order valence-electron chi connectivity index (χ1n) is 7.93. The maximum absolute atomic E-state index is 5.63. The highest BCUT2D eigenvalue weighted by atomic mass is 35.5. The molecule has 1 aliphatic carbocycles. The van der Waals surface area contributed by atoms with Crippen LogP contribution < -0.4 is 10.6 Å². The molecular formula is C17H27ClN2O. The Morgan fingerprint density at radius 1 is 1.24 bits per heavy atom. The third kappa shape index (κ3) is 4.43. The van der Waals surface area contributed by atoms with Crippen LogP contribution in [0, 0.1) is 12.8 Å². The van der Waals surface area contributed by atoms with Gasteiger partial charge in [-0.05, 0) is 31.2 Å². The van der Waals surface area contributed by atoms with E-state index in [0.29, 0.717) is 12.1 Å². The predicted molar refractivity (Wildman–Crippen MR) is 89.0 cm³/mol. The highest BCUT2D eigenvalue weighted by Gasteiger charge is 2.34. The third-order valence-corrected chi connectivity index (χ3v) is 4.73. The van der Waals surface area contributed by atoms with Gasteiger partial charge in [-0.25, -0.2) is 0 Å². The third-order valence-electron chi connectivity index (χ3n) is 4.73. The molecule has 3 atom stereocenters. The molecule has 3 unspecified atom stereocenters. The van der Waals surface area contributed by atoms with Gasteiger partial charge in [0.1, 0.15) is 0 Å². The Balaban J connectivity index is 0.00000161. The molecule has 118 valence electrons. The first kappa shape index (κ1) is 16.8. The van der Waals surface area contributed by atoms with Crippen molar-refractivity contribution in [1.29, 1.82) is 0 Å². The second kappa shape index (κ2) is 8.14. The zero-order valence-electron chi connectivity index (χ0n) is 12.8. The number of aryl methyl sites for hydroxylation is 1. The Bertz CT molecular complexity index is 417. The van der Waals surface area contributed by atoms with Gasteiger partial charge in [0.25, 0.3) is 0 Å². The molecular weight excluding hydrogens is 284 g/mol. The van der Waals surface area contributed by atoms with Gasteiger partial charge in [0.05, 0.1) is 13.2 Å². The minimum Gasteiger partial charge on any atom is -0.379 e. The van der Waals surface area contributed by atoms with Crippen molar-refractivity contribution in [2.24, 2.45) is 5.92 Å². The molecule has 1 aromatic rings. The number of nitrogens with one attached hydrogen (secondary N) is 2. The number of ether oxygens (including phenoxy) is 1. The van der Waals surface area contributed by atoms with Gasteiger partial charge in [-0.2, -0.15) is 0 Å². The number of benzene rings is 1. The standard InChI is InChI=1S/C17H26N2O.ClH/c1-13-5-7-14(8-6-13)11-19-16-4-2-3-15(16)17-12-20-10-9-18-17;/h5-8,15-19H,2-4,9-12H2,1H3;1H. The van der Waals surface area contributed by atoms with Gasteiger partial charge < -0.3 is 15.4 Å². The highest BCUT2D eigenvalue weighted by Crippen LogP contribution is 2.29. The minimum atomic E-state index is 0. The minimum absolute atomic E-state index is 0. The summed E-state index contributed by atoms with van der Waals surface area (Å²) in [6.45, 7) is 5.87. The van der Waals surface area contributed by atoms with Crippen LogP contribution >= 0.6 is 12.4 Å². The summed E-state index contributed by atoms with van der Waals surface area (Å²) >= 11 is 0. The van der Waals surface area contributed by atoms with Gasteiger partial charge in [0.15, 0.2) is 0 Å². The van der Waals surface area contributed by atoms with Crippen molar-refractivity contribution in [3.05, 3.63) is 35.4 Å². The molecule has 21 heavy (non-hydrogen) atoms. The zero-order valence-corrected chi connectivity index (χ0v) is 13.6. The lowest BCUT2D eigenvalue weighted by molar-refractivity contribution is 0.0524. The molecule has 3 rings (SSSR count). The summed E-state index contributed by atoms with van der Waals surface area (Å²) in [6, 6.07) is 10.0. The van der Waals surface area contributed by atoms with Gasteiger partial charge in [0.2, 0.25) is 0 Å². The SMILES string of the molecule is Cc1ccc(CNC2CCCC2C2COCCN2)cc1.Cl. The lowest BCUT2D eigenvalue weighted by atomic mass is 9.94. The normalized spacial score (nSPS) is 29.1. The fourth-order valence-corrected chi connectivity index (χ4v) is 3.54. The molecule has 1 aromatic carbocycles. The number of morpholine rings is 1. The van der Waals surface area contributed by atoms with Gasteiger partial charge in [-0.1, -0.05) is 36.2 Å². The number of halogens is 1. The average Bonchev–Trinajstić information content (AvgIpc) is 2.96. The molecule has 0 spiro atoms. The van der Waals surface area contributed by atoms with Crippen LogP contribution in [0.1, 0.15) is 30.4 Å². The van der Waals surface area contributed by atoms with Crippen molar-refractivity contribution >= 4 is 12.4 Å². The van der Waals surface area contributed by atoms with E-state index in [-0.39, 0.29) is 12.4 Å². The second-order valence-corrected chi connectivity index (χ2v) is 6.20. The fourth-order valence-electron chi connectivity index (χ4n) is 3.54. The Hall–Kier alpha value is -0.610. The van der Waals surface area contributed by atoms with E-state index in [9.17, 15) is 0 Å². The molecule has 0 bridgehead atoms. The Morgan fingerprint density at radius 2 is 2.05 bits per heavy atom. The van der Waals surface area contributed by atoms with Gasteiger partial charge in [-0.3, -0.25) is 0 Å². The van der Waals surface area contributed by atoms with Crippen molar-refractivity contribution in [1.82, 2.24) is 10.6 Å². The van der Waals surface area contributed by atoms with E-state index in [0.717, 1.165) is 32.2 Å². The summed E-state index contributed by atoms with van der Waals surface area (Å²) in [6.07, 6.45) is 3.97. The molecule has 1 saturated heterocycles. The summed E-state index contributed by atoms with van der Waals surface area (Å²) in [5, 5.41) is 7.40. The Morgan fingerprint density at radius 3 is 2.76 bits per heavy atom. The van der Waals surface area contributed by atoms with E-state index in [1.807, 2.05) is 0 Å². The molecule has 2 fully saturated rings. The summed E-state index contributed by atoms with van der Waals surface area (Å²) in [5.74, 6) is 0.723.